The molecule has 0 radical (unpaired) electrons. The number of hydrogen-bond donors (Lipinski definition) is 2. The molecular formula is C16H22ClN5O. The second-order valence-corrected chi connectivity index (χ2v) is 6.61. The third-order valence-electron chi connectivity index (χ3n) is 3.12. The van der Waals surface area contributed by atoms with Crippen molar-refractivity contribution in [2.45, 2.75) is 39.3 Å². The van der Waals surface area contributed by atoms with Gasteiger partial charge in [0.25, 0.3) is 0 Å². The van der Waals surface area contributed by atoms with Gasteiger partial charge in [-0.1, -0.05) is 49.7 Å². The number of nitrogens with zero attached hydrogens (tertiary/aromatic N) is 3. The van der Waals surface area contributed by atoms with Crippen LogP contribution in [0.1, 0.15) is 38.0 Å². The molecule has 1 aromatic carbocycles. The van der Waals surface area contributed by atoms with Crippen LogP contribution in [0.5, 0.6) is 0 Å². The second-order valence-electron chi connectivity index (χ2n) is 6.17. The molecule has 0 aliphatic carbocycles. The summed E-state index contributed by atoms with van der Waals surface area (Å²) >= 11 is 5.87. The lowest BCUT2D eigenvalue weighted by atomic mass is 9.97. The molecule has 6 nitrogen and oxygen atoms in total. The standard InChI is InChI=1S/C16H22ClN5O/c1-16(2,3)14-21-13(22-23-14)10-20-15(18-4)19-9-11-5-7-12(17)8-6-11/h5-8H,9-10H2,1-4H3,(H2,18,19,20). The van der Waals surface area contributed by atoms with Crippen molar-refractivity contribution in [3.63, 3.8) is 0 Å². The zero-order valence-corrected chi connectivity index (χ0v) is 14.6. The number of benzene rings is 1. The van der Waals surface area contributed by atoms with E-state index >= 15 is 0 Å². The van der Waals surface area contributed by atoms with E-state index in [1.165, 1.54) is 0 Å². The molecule has 2 N–H and O–H groups in total. The van der Waals surface area contributed by atoms with Crippen molar-refractivity contribution < 1.29 is 4.52 Å². The molecule has 2 aromatic rings. The third kappa shape index (κ3) is 5.25. The second kappa shape index (κ2) is 7.46. The molecule has 0 saturated heterocycles. The first kappa shape index (κ1) is 17.3. The fraction of sp³-hybridized carbons (Fsp3) is 0.438. The van der Waals surface area contributed by atoms with Crippen molar-refractivity contribution in [1.82, 2.24) is 20.8 Å². The summed E-state index contributed by atoms with van der Waals surface area (Å²) in [5.74, 6) is 1.89. The highest BCUT2D eigenvalue weighted by Gasteiger charge is 2.21. The number of rotatable bonds is 4. The summed E-state index contributed by atoms with van der Waals surface area (Å²) in [6, 6.07) is 7.67. The summed E-state index contributed by atoms with van der Waals surface area (Å²) in [5, 5.41) is 11.1. The maximum atomic E-state index is 5.87. The highest BCUT2D eigenvalue weighted by Crippen LogP contribution is 2.19. The van der Waals surface area contributed by atoms with Crippen LogP contribution in [0.3, 0.4) is 0 Å². The van der Waals surface area contributed by atoms with Gasteiger partial charge in [0, 0.05) is 24.0 Å². The van der Waals surface area contributed by atoms with Crippen molar-refractivity contribution in [2.75, 3.05) is 7.05 Å². The Labute approximate surface area is 141 Å². The van der Waals surface area contributed by atoms with Gasteiger partial charge >= 0.3 is 0 Å². The summed E-state index contributed by atoms with van der Waals surface area (Å²) in [6.07, 6.45) is 0. The van der Waals surface area contributed by atoms with E-state index in [9.17, 15) is 0 Å². The molecule has 124 valence electrons. The van der Waals surface area contributed by atoms with Gasteiger partial charge in [-0.2, -0.15) is 4.98 Å². The van der Waals surface area contributed by atoms with Crippen LogP contribution in [0.4, 0.5) is 0 Å². The Balaban J connectivity index is 1.85. The smallest absolute Gasteiger partial charge is 0.232 e. The molecule has 1 heterocycles. The van der Waals surface area contributed by atoms with Gasteiger partial charge in [-0.25, -0.2) is 0 Å². The molecule has 0 unspecified atom stereocenters. The minimum Gasteiger partial charge on any atom is -0.352 e. The summed E-state index contributed by atoms with van der Waals surface area (Å²) < 4.78 is 5.26. The zero-order valence-electron chi connectivity index (χ0n) is 13.9. The molecule has 0 saturated carbocycles. The fourth-order valence-corrected chi connectivity index (χ4v) is 1.93. The minimum absolute atomic E-state index is 0.153. The first-order valence-corrected chi connectivity index (χ1v) is 7.78. The molecule has 0 amide bonds. The third-order valence-corrected chi connectivity index (χ3v) is 3.37. The zero-order chi connectivity index (χ0) is 16.9. The summed E-state index contributed by atoms with van der Waals surface area (Å²) in [4.78, 5) is 8.55. The molecule has 0 aliphatic heterocycles. The molecule has 0 atom stereocenters. The average molecular weight is 336 g/mol. The van der Waals surface area contributed by atoms with Gasteiger partial charge < -0.3 is 15.2 Å². The molecule has 0 fully saturated rings. The molecule has 2 rings (SSSR count). The van der Waals surface area contributed by atoms with E-state index in [0.29, 0.717) is 30.8 Å². The van der Waals surface area contributed by atoms with E-state index < -0.39 is 0 Å². The summed E-state index contributed by atoms with van der Waals surface area (Å²) in [7, 11) is 1.72. The van der Waals surface area contributed by atoms with E-state index in [-0.39, 0.29) is 5.41 Å². The Morgan fingerprint density at radius 2 is 1.83 bits per heavy atom. The normalized spacial score (nSPS) is 12.3. The molecule has 0 bridgehead atoms. The van der Waals surface area contributed by atoms with Gasteiger partial charge in [0.15, 0.2) is 11.8 Å². The molecule has 7 heteroatoms. The largest absolute Gasteiger partial charge is 0.352 e. The van der Waals surface area contributed by atoms with Crippen LogP contribution in [0.15, 0.2) is 33.8 Å². The monoisotopic (exact) mass is 335 g/mol. The van der Waals surface area contributed by atoms with E-state index in [0.717, 1.165) is 10.6 Å². The predicted molar refractivity (Wildman–Crippen MR) is 91.5 cm³/mol. The van der Waals surface area contributed by atoms with Gasteiger partial charge in [-0.05, 0) is 17.7 Å². The Bertz CT molecular complexity index is 658. The van der Waals surface area contributed by atoms with Crippen LogP contribution in [-0.2, 0) is 18.5 Å². The van der Waals surface area contributed by atoms with E-state index in [1.807, 2.05) is 45.0 Å². The van der Waals surface area contributed by atoms with Gasteiger partial charge in [-0.3, -0.25) is 4.99 Å². The highest BCUT2D eigenvalue weighted by molar-refractivity contribution is 6.30. The predicted octanol–water partition coefficient (Wildman–Crippen LogP) is 2.89. The number of hydrogen-bond acceptors (Lipinski definition) is 4. The van der Waals surface area contributed by atoms with Crippen LogP contribution < -0.4 is 10.6 Å². The van der Waals surface area contributed by atoms with Crippen LogP contribution in [0, 0.1) is 0 Å². The maximum absolute atomic E-state index is 5.87. The topological polar surface area (TPSA) is 75.3 Å². The van der Waals surface area contributed by atoms with Crippen LogP contribution >= 0.6 is 11.6 Å². The number of nitrogens with one attached hydrogen (secondary N) is 2. The number of halogens is 1. The van der Waals surface area contributed by atoms with Gasteiger partial charge in [0.05, 0.1) is 6.54 Å². The van der Waals surface area contributed by atoms with Gasteiger partial charge in [-0.15, -0.1) is 0 Å². The van der Waals surface area contributed by atoms with Crippen LogP contribution in [0.25, 0.3) is 0 Å². The quantitative estimate of drug-likeness (QED) is 0.663. The summed E-state index contributed by atoms with van der Waals surface area (Å²) in [6.45, 7) is 7.19. The molecular weight excluding hydrogens is 314 g/mol. The molecule has 0 aliphatic rings. The van der Waals surface area contributed by atoms with Crippen LogP contribution in [0.2, 0.25) is 5.02 Å². The van der Waals surface area contributed by atoms with Crippen molar-refractivity contribution >= 4 is 17.6 Å². The van der Waals surface area contributed by atoms with Crippen molar-refractivity contribution in [2.24, 2.45) is 4.99 Å². The Morgan fingerprint density at radius 3 is 2.39 bits per heavy atom. The van der Waals surface area contributed by atoms with E-state index in [1.54, 1.807) is 7.05 Å². The van der Waals surface area contributed by atoms with E-state index in [2.05, 4.69) is 25.8 Å². The lowest BCUT2D eigenvalue weighted by Gasteiger charge is -2.11. The molecule has 1 aromatic heterocycles. The minimum atomic E-state index is -0.153. The van der Waals surface area contributed by atoms with Crippen LogP contribution in [-0.4, -0.2) is 23.1 Å². The fourth-order valence-electron chi connectivity index (χ4n) is 1.80. The number of guanidine groups is 1. The Kier molecular flexibility index (Phi) is 5.60. The highest BCUT2D eigenvalue weighted by atomic mass is 35.5. The maximum Gasteiger partial charge on any atom is 0.232 e. The molecule has 23 heavy (non-hydrogen) atoms. The van der Waals surface area contributed by atoms with E-state index in [4.69, 9.17) is 16.1 Å². The van der Waals surface area contributed by atoms with Gasteiger partial charge in [0.1, 0.15) is 0 Å². The lowest BCUT2D eigenvalue weighted by Crippen LogP contribution is -2.36. The summed E-state index contributed by atoms with van der Waals surface area (Å²) in [5.41, 5.74) is 0.965. The van der Waals surface area contributed by atoms with Crippen molar-refractivity contribution in [1.29, 1.82) is 0 Å². The Morgan fingerprint density at radius 1 is 1.17 bits per heavy atom. The van der Waals surface area contributed by atoms with Crippen molar-refractivity contribution in [3.8, 4) is 0 Å². The number of aromatic nitrogens is 2. The Hall–Kier alpha value is -2.08. The molecule has 0 spiro atoms. The first-order valence-electron chi connectivity index (χ1n) is 7.40. The lowest BCUT2D eigenvalue weighted by molar-refractivity contribution is 0.318. The first-order chi connectivity index (χ1) is 10.9. The average Bonchev–Trinajstić information content (AvgIpc) is 2.98. The van der Waals surface area contributed by atoms with Gasteiger partial charge in [0.2, 0.25) is 5.89 Å². The SMILES string of the molecule is CN=C(NCc1ccc(Cl)cc1)NCc1noc(C(C)(C)C)n1. The number of aliphatic imine (C=N–C) groups is 1. The van der Waals surface area contributed by atoms with Crippen molar-refractivity contribution in [3.05, 3.63) is 46.6 Å².